The van der Waals surface area contributed by atoms with Gasteiger partial charge in [0, 0.05) is 52.5 Å². The molecule has 1 fully saturated rings. The lowest BCUT2D eigenvalue weighted by Crippen LogP contribution is -2.51. The molecule has 37 heavy (non-hydrogen) atoms. The van der Waals surface area contributed by atoms with Crippen LogP contribution in [0.4, 0.5) is 5.69 Å². The van der Waals surface area contributed by atoms with Crippen molar-refractivity contribution in [3.63, 3.8) is 0 Å². The molecule has 0 spiro atoms. The molecule has 1 aromatic heterocycles. The standard InChI is InChI=1S/C28H33N5O3S/c1-22(36-25-12-8-5-9-13-25)28-29-26-15-14-24(20-27(26)33(28)21-23-10-6-4-7-11-23)31-16-18-32(19-17-31)37(34,35)30(2)3/h4-15,20,22H,16-19,21H2,1-3H3. The molecular formula is C28H33N5O3S. The lowest BCUT2D eigenvalue weighted by molar-refractivity contribution is 0.212. The lowest BCUT2D eigenvalue weighted by atomic mass is 10.2. The van der Waals surface area contributed by atoms with Gasteiger partial charge in [-0.25, -0.2) is 4.98 Å². The fourth-order valence-corrected chi connectivity index (χ4v) is 5.82. The number of hydrogen-bond donors (Lipinski definition) is 0. The molecule has 0 saturated carbocycles. The number of benzene rings is 3. The largest absolute Gasteiger partial charge is 0.483 e. The molecule has 8 nitrogen and oxygen atoms in total. The Morgan fingerprint density at radius 2 is 1.57 bits per heavy atom. The summed E-state index contributed by atoms with van der Waals surface area (Å²) in [5.41, 5.74) is 4.19. The van der Waals surface area contributed by atoms with Gasteiger partial charge in [-0.2, -0.15) is 17.0 Å². The van der Waals surface area contributed by atoms with E-state index in [-0.39, 0.29) is 6.10 Å². The molecule has 1 unspecified atom stereocenters. The van der Waals surface area contributed by atoms with Gasteiger partial charge in [0.15, 0.2) is 11.9 Å². The number of ether oxygens (including phenoxy) is 1. The van der Waals surface area contributed by atoms with Crippen LogP contribution in [0.15, 0.2) is 78.9 Å². The fourth-order valence-electron chi connectivity index (χ4n) is 4.73. The Morgan fingerprint density at radius 1 is 0.919 bits per heavy atom. The van der Waals surface area contributed by atoms with E-state index in [1.807, 2.05) is 61.5 Å². The maximum atomic E-state index is 12.5. The number of nitrogens with zero attached hydrogens (tertiary/aromatic N) is 5. The zero-order chi connectivity index (χ0) is 26.0. The van der Waals surface area contributed by atoms with E-state index in [0.29, 0.717) is 32.7 Å². The van der Waals surface area contributed by atoms with Crippen LogP contribution >= 0.6 is 0 Å². The number of fused-ring (bicyclic) bond motifs is 1. The molecule has 5 rings (SSSR count). The van der Waals surface area contributed by atoms with E-state index in [4.69, 9.17) is 9.72 Å². The summed E-state index contributed by atoms with van der Waals surface area (Å²) >= 11 is 0. The smallest absolute Gasteiger partial charge is 0.281 e. The number of aromatic nitrogens is 2. The highest BCUT2D eigenvalue weighted by Gasteiger charge is 2.29. The first-order valence-electron chi connectivity index (χ1n) is 12.5. The third-order valence-electron chi connectivity index (χ3n) is 6.76. The van der Waals surface area contributed by atoms with Crippen LogP contribution in [0.3, 0.4) is 0 Å². The van der Waals surface area contributed by atoms with Crippen LogP contribution in [0.25, 0.3) is 11.0 Å². The number of para-hydroxylation sites is 1. The van der Waals surface area contributed by atoms with Crippen molar-refractivity contribution in [2.45, 2.75) is 19.6 Å². The SMILES string of the molecule is CC(Oc1ccccc1)c1nc2ccc(N3CCN(S(=O)(=O)N(C)C)CC3)cc2n1Cc1ccccc1. The van der Waals surface area contributed by atoms with Crippen LogP contribution in [-0.2, 0) is 16.8 Å². The summed E-state index contributed by atoms with van der Waals surface area (Å²) in [5.74, 6) is 1.67. The molecule has 194 valence electrons. The number of rotatable bonds is 8. The van der Waals surface area contributed by atoms with Crippen molar-refractivity contribution in [3.05, 3.63) is 90.3 Å². The number of imidazole rings is 1. The summed E-state index contributed by atoms with van der Waals surface area (Å²) in [7, 11) is -0.256. The lowest BCUT2D eigenvalue weighted by Gasteiger charge is -2.36. The minimum atomic E-state index is -3.40. The molecule has 3 aromatic carbocycles. The maximum absolute atomic E-state index is 12.5. The van der Waals surface area contributed by atoms with E-state index in [9.17, 15) is 8.42 Å². The van der Waals surface area contributed by atoms with E-state index in [0.717, 1.165) is 28.3 Å². The van der Waals surface area contributed by atoms with Crippen LogP contribution in [0, 0.1) is 0 Å². The molecule has 9 heteroatoms. The number of anilines is 1. The van der Waals surface area contributed by atoms with Crippen LogP contribution in [0.5, 0.6) is 5.75 Å². The first-order chi connectivity index (χ1) is 17.8. The van der Waals surface area contributed by atoms with E-state index < -0.39 is 10.2 Å². The average molecular weight is 520 g/mol. The van der Waals surface area contributed by atoms with Crippen molar-refractivity contribution in [1.29, 1.82) is 0 Å². The first-order valence-corrected chi connectivity index (χ1v) is 13.9. The Hall–Kier alpha value is -3.40. The van der Waals surface area contributed by atoms with E-state index in [2.05, 4.69) is 33.7 Å². The van der Waals surface area contributed by atoms with Gasteiger partial charge in [0.25, 0.3) is 10.2 Å². The summed E-state index contributed by atoms with van der Waals surface area (Å²) in [6.45, 7) is 4.87. The highest BCUT2D eigenvalue weighted by Crippen LogP contribution is 2.29. The van der Waals surface area contributed by atoms with Gasteiger partial charge < -0.3 is 14.2 Å². The Bertz CT molecular complexity index is 1450. The molecule has 2 heterocycles. The quantitative estimate of drug-likeness (QED) is 0.350. The topological polar surface area (TPSA) is 70.9 Å². The zero-order valence-corrected chi connectivity index (χ0v) is 22.3. The summed E-state index contributed by atoms with van der Waals surface area (Å²) in [5, 5.41) is 0. The molecule has 4 aromatic rings. The van der Waals surface area contributed by atoms with Gasteiger partial charge in [0.05, 0.1) is 11.0 Å². The van der Waals surface area contributed by atoms with Gasteiger partial charge in [-0.3, -0.25) is 0 Å². The average Bonchev–Trinajstić information content (AvgIpc) is 3.27. The molecule has 1 saturated heterocycles. The number of piperazine rings is 1. The molecule has 0 N–H and O–H groups in total. The fraction of sp³-hybridized carbons (Fsp3) is 0.321. The first kappa shape index (κ1) is 25.3. The predicted molar refractivity (Wildman–Crippen MR) is 147 cm³/mol. The minimum Gasteiger partial charge on any atom is -0.483 e. The van der Waals surface area contributed by atoms with Crippen molar-refractivity contribution in [2.75, 3.05) is 45.2 Å². The maximum Gasteiger partial charge on any atom is 0.281 e. The second kappa shape index (κ2) is 10.5. The normalized spacial score (nSPS) is 15.8. The van der Waals surface area contributed by atoms with E-state index >= 15 is 0 Å². The second-order valence-corrected chi connectivity index (χ2v) is 11.6. The van der Waals surface area contributed by atoms with Gasteiger partial charge in [-0.15, -0.1) is 0 Å². The third kappa shape index (κ3) is 5.34. The van der Waals surface area contributed by atoms with Gasteiger partial charge in [0.2, 0.25) is 0 Å². The monoisotopic (exact) mass is 519 g/mol. The van der Waals surface area contributed by atoms with Crippen LogP contribution in [0.2, 0.25) is 0 Å². The summed E-state index contributed by atoms with van der Waals surface area (Å²) < 4.78 is 36.4. The van der Waals surface area contributed by atoms with Crippen LogP contribution < -0.4 is 9.64 Å². The van der Waals surface area contributed by atoms with Crippen molar-refractivity contribution < 1.29 is 13.2 Å². The summed E-state index contributed by atoms with van der Waals surface area (Å²) in [6.07, 6.45) is -0.248. The van der Waals surface area contributed by atoms with E-state index in [1.54, 1.807) is 18.4 Å². The zero-order valence-electron chi connectivity index (χ0n) is 21.5. The number of hydrogen-bond acceptors (Lipinski definition) is 5. The van der Waals surface area contributed by atoms with Crippen molar-refractivity contribution in [2.24, 2.45) is 0 Å². The minimum absolute atomic E-state index is 0.248. The molecule has 1 aliphatic heterocycles. The summed E-state index contributed by atoms with van der Waals surface area (Å²) in [4.78, 5) is 7.22. The Labute approximate surface area is 218 Å². The van der Waals surface area contributed by atoms with Crippen LogP contribution in [0.1, 0.15) is 24.4 Å². The van der Waals surface area contributed by atoms with Gasteiger partial charge >= 0.3 is 0 Å². The molecule has 1 atom stereocenters. The Morgan fingerprint density at radius 3 is 2.22 bits per heavy atom. The second-order valence-electron chi connectivity index (χ2n) is 9.46. The molecule has 0 aliphatic carbocycles. The van der Waals surface area contributed by atoms with Gasteiger partial charge in [-0.05, 0) is 42.8 Å². The Kier molecular flexibility index (Phi) is 7.19. The predicted octanol–water partition coefficient (Wildman–Crippen LogP) is 4.15. The molecule has 0 amide bonds. The molecule has 1 aliphatic rings. The van der Waals surface area contributed by atoms with Crippen molar-refractivity contribution >= 4 is 26.9 Å². The van der Waals surface area contributed by atoms with Crippen molar-refractivity contribution in [3.8, 4) is 5.75 Å². The highest BCUT2D eigenvalue weighted by atomic mass is 32.2. The van der Waals surface area contributed by atoms with Gasteiger partial charge in [-0.1, -0.05) is 48.5 Å². The molecule has 0 radical (unpaired) electrons. The van der Waals surface area contributed by atoms with E-state index in [1.165, 1.54) is 9.87 Å². The molecular weight excluding hydrogens is 486 g/mol. The summed E-state index contributed by atoms with van der Waals surface area (Å²) in [6, 6.07) is 26.4. The Balaban J connectivity index is 1.46. The van der Waals surface area contributed by atoms with Crippen molar-refractivity contribution in [1.82, 2.24) is 18.2 Å². The van der Waals surface area contributed by atoms with Crippen LogP contribution in [-0.4, -0.2) is 66.9 Å². The van der Waals surface area contributed by atoms with Gasteiger partial charge in [0.1, 0.15) is 5.75 Å². The highest BCUT2D eigenvalue weighted by molar-refractivity contribution is 7.86. The third-order valence-corrected chi connectivity index (χ3v) is 8.70. The molecule has 0 bridgehead atoms.